The second-order valence-corrected chi connectivity index (χ2v) is 4.07. The van der Waals surface area contributed by atoms with E-state index in [0.717, 1.165) is 10.4 Å². The van der Waals surface area contributed by atoms with Crippen LogP contribution in [0, 0.1) is 5.92 Å². The second-order valence-electron chi connectivity index (χ2n) is 3.26. The van der Waals surface area contributed by atoms with Crippen molar-refractivity contribution in [3.8, 4) is 0 Å². The number of hydrogen-bond donors (Lipinski definition) is 0. The molecule has 0 radical (unpaired) electrons. The van der Waals surface area contributed by atoms with Gasteiger partial charge in [0.2, 0.25) is 0 Å². The highest BCUT2D eigenvalue weighted by Crippen LogP contribution is 2.25. The lowest BCUT2D eigenvalue weighted by Crippen LogP contribution is -2.19. The summed E-state index contributed by atoms with van der Waals surface area (Å²) in [6.07, 6.45) is 2.45. The molecule has 0 saturated carbocycles. The van der Waals surface area contributed by atoms with E-state index in [1.54, 1.807) is 6.20 Å². The predicted molar refractivity (Wildman–Crippen MR) is 53.8 cm³/mol. The summed E-state index contributed by atoms with van der Waals surface area (Å²) in [7, 11) is 0. The van der Waals surface area contributed by atoms with Crippen molar-refractivity contribution in [3.63, 3.8) is 0 Å². The van der Waals surface area contributed by atoms with Crippen molar-refractivity contribution in [2.45, 2.75) is 19.9 Å². The van der Waals surface area contributed by atoms with Crippen molar-refractivity contribution in [1.29, 1.82) is 0 Å². The molecule has 0 amide bonds. The van der Waals surface area contributed by atoms with Gasteiger partial charge in [-0.15, -0.1) is 0 Å². The first-order chi connectivity index (χ1) is 6.72. The van der Waals surface area contributed by atoms with E-state index in [4.69, 9.17) is 4.74 Å². The third kappa shape index (κ3) is 1.56. The van der Waals surface area contributed by atoms with Gasteiger partial charge in [0, 0.05) is 13.0 Å². The Labute approximate surface area is 90.4 Å². The summed E-state index contributed by atoms with van der Waals surface area (Å²) in [6.45, 7) is 2.94. The smallest absolute Gasteiger partial charge is 0.311 e. The largest absolute Gasteiger partial charge is 0.466 e. The molecular weight excluding hydrogens is 248 g/mol. The molecule has 1 aromatic rings. The van der Waals surface area contributed by atoms with Gasteiger partial charge in [-0.05, 0) is 22.9 Å². The molecule has 1 aliphatic rings. The molecule has 1 unspecified atom stereocenters. The molecule has 0 bridgehead atoms. The molecule has 0 fully saturated rings. The van der Waals surface area contributed by atoms with E-state index >= 15 is 0 Å². The maximum absolute atomic E-state index is 11.4. The molecular formula is C9H11BrN2O2. The Bertz CT molecular complexity index is 362. The van der Waals surface area contributed by atoms with E-state index < -0.39 is 0 Å². The van der Waals surface area contributed by atoms with Crippen LogP contribution in [0.5, 0.6) is 0 Å². The molecule has 76 valence electrons. The highest BCUT2D eigenvalue weighted by atomic mass is 79.9. The van der Waals surface area contributed by atoms with Gasteiger partial charge in [-0.1, -0.05) is 0 Å². The van der Waals surface area contributed by atoms with Crippen LogP contribution in [0.15, 0.2) is 10.8 Å². The van der Waals surface area contributed by atoms with Gasteiger partial charge in [0.05, 0.1) is 18.7 Å². The Morgan fingerprint density at radius 1 is 1.86 bits per heavy atom. The van der Waals surface area contributed by atoms with E-state index in [1.165, 1.54) is 0 Å². The number of hydrogen-bond acceptors (Lipinski definition) is 3. The Balaban J connectivity index is 2.08. The Hall–Kier alpha value is -0.840. The normalized spacial score (nSPS) is 19.4. The first-order valence-electron chi connectivity index (χ1n) is 4.59. The molecule has 4 nitrogen and oxygen atoms in total. The first-order valence-corrected chi connectivity index (χ1v) is 5.38. The summed E-state index contributed by atoms with van der Waals surface area (Å²) in [5, 5.41) is 0. The number of carbonyl (C=O) groups is 1. The van der Waals surface area contributed by atoms with Crippen molar-refractivity contribution < 1.29 is 9.53 Å². The van der Waals surface area contributed by atoms with E-state index in [9.17, 15) is 4.79 Å². The average molecular weight is 259 g/mol. The number of esters is 1. The molecule has 14 heavy (non-hydrogen) atoms. The molecule has 0 aromatic carbocycles. The van der Waals surface area contributed by atoms with E-state index in [0.29, 0.717) is 19.6 Å². The molecule has 1 atom stereocenters. The van der Waals surface area contributed by atoms with Crippen molar-refractivity contribution in [3.05, 3.63) is 16.6 Å². The summed E-state index contributed by atoms with van der Waals surface area (Å²) in [6, 6.07) is 0. The number of halogens is 1. The molecule has 2 heterocycles. The van der Waals surface area contributed by atoms with Gasteiger partial charge in [0.25, 0.3) is 0 Å². The van der Waals surface area contributed by atoms with Gasteiger partial charge >= 0.3 is 5.97 Å². The molecule has 2 rings (SSSR count). The zero-order valence-corrected chi connectivity index (χ0v) is 9.45. The number of nitrogens with zero attached hydrogens (tertiary/aromatic N) is 2. The van der Waals surface area contributed by atoms with Crippen LogP contribution in [0.4, 0.5) is 0 Å². The third-order valence-corrected chi connectivity index (χ3v) is 2.97. The summed E-state index contributed by atoms with van der Waals surface area (Å²) in [5.74, 6) is 0.773. The quantitative estimate of drug-likeness (QED) is 0.753. The van der Waals surface area contributed by atoms with Crippen LogP contribution in [0.25, 0.3) is 0 Å². The minimum atomic E-state index is -0.120. The van der Waals surface area contributed by atoms with Crippen LogP contribution in [0.3, 0.4) is 0 Å². The monoisotopic (exact) mass is 258 g/mol. The molecule has 1 aliphatic heterocycles. The van der Waals surface area contributed by atoms with Gasteiger partial charge in [-0.2, -0.15) is 0 Å². The fourth-order valence-electron chi connectivity index (χ4n) is 1.67. The Kier molecular flexibility index (Phi) is 2.58. The third-order valence-electron chi connectivity index (χ3n) is 2.34. The average Bonchev–Trinajstić information content (AvgIpc) is 2.69. The van der Waals surface area contributed by atoms with E-state index in [1.807, 2.05) is 11.5 Å². The van der Waals surface area contributed by atoms with E-state index in [-0.39, 0.29) is 11.9 Å². The van der Waals surface area contributed by atoms with E-state index in [2.05, 4.69) is 20.9 Å². The summed E-state index contributed by atoms with van der Waals surface area (Å²) in [5.41, 5.74) is 0. The molecule has 5 heteroatoms. The highest BCUT2D eigenvalue weighted by Gasteiger charge is 2.30. The van der Waals surface area contributed by atoms with Crippen molar-refractivity contribution in [2.75, 3.05) is 6.61 Å². The lowest BCUT2D eigenvalue weighted by molar-refractivity contribution is -0.147. The van der Waals surface area contributed by atoms with Gasteiger partial charge in [0.15, 0.2) is 0 Å². The first kappa shape index (κ1) is 9.71. The summed E-state index contributed by atoms with van der Waals surface area (Å²) >= 11 is 3.38. The summed E-state index contributed by atoms with van der Waals surface area (Å²) in [4.78, 5) is 15.6. The topological polar surface area (TPSA) is 44.1 Å². The number of imidazole rings is 1. The zero-order valence-electron chi connectivity index (χ0n) is 7.86. The Morgan fingerprint density at radius 2 is 2.64 bits per heavy atom. The van der Waals surface area contributed by atoms with Crippen molar-refractivity contribution >= 4 is 21.9 Å². The number of ether oxygens (including phenoxy) is 1. The fraction of sp³-hybridized carbons (Fsp3) is 0.556. The SMILES string of the molecule is CCOC(=O)C1Cc2ncc(Br)n2C1. The minimum absolute atomic E-state index is 0.0602. The minimum Gasteiger partial charge on any atom is -0.466 e. The standard InChI is InChI=1S/C9H11BrN2O2/c1-2-14-9(13)6-3-8-11-4-7(10)12(8)5-6/h4,6H,2-3,5H2,1H3. The van der Waals surface area contributed by atoms with Crippen LogP contribution in [-0.2, 0) is 22.5 Å². The molecule has 0 saturated heterocycles. The number of fused-ring (bicyclic) bond motifs is 1. The molecule has 0 spiro atoms. The van der Waals surface area contributed by atoms with Gasteiger partial charge < -0.3 is 9.30 Å². The van der Waals surface area contributed by atoms with Crippen molar-refractivity contribution in [1.82, 2.24) is 9.55 Å². The Morgan fingerprint density at radius 3 is 3.29 bits per heavy atom. The zero-order chi connectivity index (χ0) is 10.1. The lowest BCUT2D eigenvalue weighted by Gasteiger charge is -2.07. The number of rotatable bonds is 2. The molecule has 0 aliphatic carbocycles. The van der Waals surface area contributed by atoms with Crippen LogP contribution in [0.1, 0.15) is 12.7 Å². The van der Waals surface area contributed by atoms with Crippen LogP contribution < -0.4 is 0 Å². The second kappa shape index (κ2) is 3.73. The lowest BCUT2D eigenvalue weighted by atomic mass is 10.1. The summed E-state index contributed by atoms with van der Waals surface area (Å²) < 4.78 is 7.90. The number of aromatic nitrogens is 2. The van der Waals surface area contributed by atoms with Crippen LogP contribution >= 0.6 is 15.9 Å². The maximum Gasteiger partial charge on any atom is 0.311 e. The fourth-order valence-corrected chi connectivity index (χ4v) is 2.12. The molecule has 1 aromatic heterocycles. The highest BCUT2D eigenvalue weighted by molar-refractivity contribution is 9.10. The predicted octanol–water partition coefficient (Wildman–Crippen LogP) is 1.38. The molecule has 0 N–H and O–H groups in total. The van der Waals surface area contributed by atoms with Gasteiger partial charge in [0.1, 0.15) is 10.4 Å². The van der Waals surface area contributed by atoms with Crippen molar-refractivity contribution in [2.24, 2.45) is 5.92 Å². The van der Waals surface area contributed by atoms with Crippen LogP contribution in [-0.4, -0.2) is 22.1 Å². The maximum atomic E-state index is 11.4. The van der Waals surface area contributed by atoms with Gasteiger partial charge in [-0.25, -0.2) is 4.98 Å². The van der Waals surface area contributed by atoms with Gasteiger partial charge in [-0.3, -0.25) is 4.79 Å². The number of carbonyl (C=O) groups excluding carboxylic acids is 1. The van der Waals surface area contributed by atoms with Crippen LogP contribution in [0.2, 0.25) is 0 Å².